The van der Waals surface area contributed by atoms with Gasteiger partial charge in [-0.15, -0.1) is 0 Å². The van der Waals surface area contributed by atoms with Crippen LogP contribution >= 0.6 is 11.6 Å². The number of aryl methyl sites for hydroxylation is 2. The highest BCUT2D eigenvalue weighted by atomic mass is 35.5. The molecule has 0 bridgehead atoms. The Balaban J connectivity index is 2.05. The number of anilines is 1. The summed E-state index contributed by atoms with van der Waals surface area (Å²) in [5.74, 6) is 0.752. The maximum Gasteiger partial charge on any atom is 0.0642 e. The van der Waals surface area contributed by atoms with Gasteiger partial charge in [0.1, 0.15) is 0 Å². The highest BCUT2D eigenvalue weighted by Gasteiger charge is 2.16. The third kappa shape index (κ3) is 2.44. The summed E-state index contributed by atoms with van der Waals surface area (Å²) in [7, 11) is 0. The Morgan fingerprint density at radius 2 is 2.13 bits per heavy atom. The zero-order valence-electron chi connectivity index (χ0n) is 9.23. The van der Waals surface area contributed by atoms with Crippen molar-refractivity contribution in [3.05, 3.63) is 28.3 Å². The fourth-order valence-corrected chi connectivity index (χ4v) is 2.27. The minimum absolute atomic E-state index is 0.752. The van der Waals surface area contributed by atoms with E-state index < -0.39 is 0 Å². The Morgan fingerprint density at radius 1 is 1.40 bits per heavy atom. The van der Waals surface area contributed by atoms with Crippen molar-refractivity contribution in [3.63, 3.8) is 0 Å². The summed E-state index contributed by atoms with van der Waals surface area (Å²) >= 11 is 6.20. The van der Waals surface area contributed by atoms with E-state index in [1.807, 2.05) is 6.07 Å². The molecule has 82 valence electrons. The molecule has 1 aliphatic rings. The topological polar surface area (TPSA) is 24.1 Å². The molecule has 1 aromatic rings. The molecule has 3 heteroatoms. The van der Waals surface area contributed by atoms with Gasteiger partial charge in [-0.05, 0) is 31.0 Å². The SMILES string of the molecule is Cc1cc(C)c(NCC2CNC2)c(Cl)c1. The molecule has 0 saturated carbocycles. The van der Waals surface area contributed by atoms with Crippen LogP contribution in [0, 0.1) is 19.8 Å². The standard InChI is InChI=1S/C12H17ClN2/c1-8-3-9(2)12(11(13)4-8)15-7-10-5-14-6-10/h3-4,10,14-15H,5-7H2,1-2H3. The van der Waals surface area contributed by atoms with E-state index in [-0.39, 0.29) is 0 Å². The first-order chi connectivity index (χ1) is 7.16. The van der Waals surface area contributed by atoms with Crippen molar-refractivity contribution in [2.75, 3.05) is 25.0 Å². The third-order valence-electron chi connectivity index (χ3n) is 2.87. The summed E-state index contributed by atoms with van der Waals surface area (Å²) in [6, 6.07) is 4.17. The third-order valence-corrected chi connectivity index (χ3v) is 3.16. The van der Waals surface area contributed by atoms with Gasteiger partial charge in [-0.3, -0.25) is 0 Å². The van der Waals surface area contributed by atoms with Crippen molar-refractivity contribution in [1.29, 1.82) is 0 Å². The lowest BCUT2D eigenvalue weighted by Crippen LogP contribution is -2.45. The molecule has 1 aliphatic heterocycles. The van der Waals surface area contributed by atoms with Crippen LogP contribution in [-0.2, 0) is 0 Å². The maximum atomic E-state index is 6.20. The van der Waals surface area contributed by atoms with Gasteiger partial charge in [-0.1, -0.05) is 17.7 Å². The number of nitrogens with one attached hydrogen (secondary N) is 2. The van der Waals surface area contributed by atoms with Gasteiger partial charge in [0.15, 0.2) is 0 Å². The molecule has 0 radical (unpaired) electrons. The van der Waals surface area contributed by atoms with Crippen LogP contribution in [0.1, 0.15) is 11.1 Å². The van der Waals surface area contributed by atoms with E-state index in [9.17, 15) is 0 Å². The highest BCUT2D eigenvalue weighted by Crippen LogP contribution is 2.27. The van der Waals surface area contributed by atoms with Gasteiger partial charge in [-0.2, -0.15) is 0 Å². The molecule has 0 atom stereocenters. The summed E-state index contributed by atoms with van der Waals surface area (Å²) in [4.78, 5) is 0. The summed E-state index contributed by atoms with van der Waals surface area (Å²) < 4.78 is 0. The molecular formula is C12H17ClN2. The first-order valence-corrected chi connectivity index (χ1v) is 5.76. The smallest absolute Gasteiger partial charge is 0.0642 e. The van der Waals surface area contributed by atoms with E-state index in [4.69, 9.17) is 11.6 Å². The molecule has 0 aliphatic carbocycles. The Morgan fingerprint density at radius 3 is 2.67 bits per heavy atom. The molecule has 2 rings (SSSR count). The van der Waals surface area contributed by atoms with Crippen LogP contribution < -0.4 is 10.6 Å². The Kier molecular flexibility index (Phi) is 3.17. The first-order valence-electron chi connectivity index (χ1n) is 5.38. The molecule has 1 fully saturated rings. The number of hydrogen-bond acceptors (Lipinski definition) is 2. The van der Waals surface area contributed by atoms with Crippen molar-refractivity contribution in [2.45, 2.75) is 13.8 Å². The summed E-state index contributed by atoms with van der Waals surface area (Å²) in [5.41, 5.74) is 3.54. The quantitative estimate of drug-likeness (QED) is 0.825. The van der Waals surface area contributed by atoms with E-state index >= 15 is 0 Å². The van der Waals surface area contributed by atoms with E-state index in [0.29, 0.717) is 0 Å². The van der Waals surface area contributed by atoms with Gasteiger partial charge in [0.25, 0.3) is 0 Å². The van der Waals surface area contributed by atoms with E-state index in [1.165, 1.54) is 11.1 Å². The van der Waals surface area contributed by atoms with Crippen molar-refractivity contribution >= 4 is 17.3 Å². The van der Waals surface area contributed by atoms with Crippen LogP contribution in [-0.4, -0.2) is 19.6 Å². The van der Waals surface area contributed by atoms with Gasteiger partial charge >= 0.3 is 0 Å². The van der Waals surface area contributed by atoms with Crippen molar-refractivity contribution in [3.8, 4) is 0 Å². The number of benzene rings is 1. The second kappa shape index (κ2) is 4.42. The van der Waals surface area contributed by atoms with Crippen molar-refractivity contribution in [2.24, 2.45) is 5.92 Å². The average molecular weight is 225 g/mol. The zero-order chi connectivity index (χ0) is 10.8. The second-order valence-electron chi connectivity index (χ2n) is 4.34. The predicted molar refractivity (Wildman–Crippen MR) is 65.8 cm³/mol. The van der Waals surface area contributed by atoms with Gasteiger partial charge in [0, 0.05) is 25.6 Å². The van der Waals surface area contributed by atoms with Crippen molar-refractivity contribution < 1.29 is 0 Å². The monoisotopic (exact) mass is 224 g/mol. The van der Waals surface area contributed by atoms with E-state index in [1.54, 1.807) is 0 Å². The number of halogens is 1. The Labute approximate surface area is 96.0 Å². The lowest BCUT2D eigenvalue weighted by Gasteiger charge is -2.28. The van der Waals surface area contributed by atoms with Gasteiger partial charge in [0.2, 0.25) is 0 Å². The van der Waals surface area contributed by atoms with Gasteiger partial charge < -0.3 is 10.6 Å². The largest absolute Gasteiger partial charge is 0.383 e. The Hall–Kier alpha value is -0.730. The fraction of sp³-hybridized carbons (Fsp3) is 0.500. The molecule has 0 spiro atoms. The fourth-order valence-electron chi connectivity index (χ4n) is 1.88. The first kappa shape index (κ1) is 10.8. The minimum atomic E-state index is 0.752. The maximum absolute atomic E-state index is 6.20. The van der Waals surface area contributed by atoms with E-state index in [0.717, 1.165) is 36.3 Å². The summed E-state index contributed by atoms with van der Waals surface area (Å²) in [5, 5.41) is 7.53. The molecule has 0 aromatic heterocycles. The number of rotatable bonds is 3. The molecule has 2 nitrogen and oxygen atoms in total. The Bertz CT molecular complexity index is 336. The van der Waals surface area contributed by atoms with Crippen LogP contribution in [0.15, 0.2) is 12.1 Å². The van der Waals surface area contributed by atoms with E-state index in [2.05, 4.69) is 30.5 Å². The minimum Gasteiger partial charge on any atom is -0.383 e. The van der Waals surface area contributed by atoms with Crippen LogP contribution in [0.2, 0.25) is 5.02 Å². The summed E-state index contributed by atoms with van der Waals surface area (Å²) in [6.45, 7) is 7.42. The second-order valence-corrected chi connectivity index (χ2v) is 4.75. The van der Waals surface area contributed by atoms with Crippen molar-refractivity contribution in [1.82, 2.24) is 5.32 Å². The van der Waals surface area contributed by atoms with Gasteiger partial charge in [-0.25, -0.2) is 0 Å². The molecular weight excluding hydrogens is 208 g/mol. The predicted octanol–water partition coefficient (Wildman–Crippen LogP) is 2.59. The lowest BCUT2D eigenvalue weighted by atomic mass is 10.0. The normalized spacial score (nSPS) is 16.2. The molecule has 1 aromatic carbocycles. The molecule has 0 unspecified atom stereocenters. The van der Waals surface area contributed by atoms with Crippen LogP contribution in [0.4, 0.5) is 5.69 Å². The summed E-state index contributed by atoms with van der Waals surface area (Å²) in [6.07, 6.45) is 0. The van der Waals surface area contributed by atoms with Crippen LogP contribution in [0.25, 0.3) is 0 Å². The average Bonchev–Trinajstić information content (AvgIpc) is 2.06. The van der Waals surface area contributed by atoms with Crippen LogP contribution in [0.3, 0.4) is 0 Å². The molecule has 2 N–H and O–H groups in total. The zero-order valence-corrected chi connectivity index (χ0v) is 9.99. The van der Waals surface area contributed by atoms with Crippen LogP contribution in [0.5, 0.6) is 0 Å². The molecule has 15 heavy (non-hydrogen) atoms. The molecule has 0 amide bonds. The molecule has 1 saturated heterocycles. The number of hydrogen-bond donors (Lipinski definition) is 2. The molecule has 1 heterocycles. The lowest BCUT2D eigenvalue weighted by molar-refractivity contribution is 0.365. The highest BCUT2D eigenvalue weighted by molar-refractivity contribution is 6.33. The van der Waals surface area contributed by atoms with Gasteiger partial charge in [0.05, 0.1) is 10.7 Å².